The average Bonchev–Trinajstić information content (AvgIpc) is 2.49. The minimum absolute atomic E-state index is 0.107. The van der Waals surface area contributed by atoms with Crippen LogP contribution in [0.25, 0.3) is 6.08 Å². The van der Waals surface area contributed by atoms with E-state index < -0.39 is 0 Å². The van der Waals surface area contributed by atoms with Crippen LogP contribution >= 0.6 is 0 Å². The second-order valence-electron chi connectivity index (χ2n) is 3.74. The number of amidine groups is 1. The van der Waals surface area contributed by atoms with Gasteiger partial charge in [-0.2, -0.15) is 10.1 Å². The fraction of sp³-hybridized carbons (Fsp3) is 0. The highest BCUT2D eigenvalue weighted by atomic mass is 15.3. The van der Waals surface area contributed by atoms with Crippen molar-refractivity contribution in [2.75, 3.05) is 5.43 Å². The summed E-state index contributed by atoms with van der Waals surface area (Å²) in [7, 11) is 0. The largest absolute Gasteiger partial charge is 0.370 e. The van der Waals surface area contributed by atoms with Crippen LogP contribution < -0.4 is 28.4 Å². The molecule has 0 fully saturated rings. The van der Waals surface area contributed by atoms with E-state index in [0.717, 1.165) is 11.3 Å². The van der Waals surface area contributed by atoms with Gasteiger partial charge in [0.25, 0.3) is 0 Å². The normalized spacial score (nSPS) is 13.1. The van der Waals surface area contributed by atoms with Gasteiger partial charge >= 0.3 is 0 Å². The number of anilines is 1. The summed E-state index contributed by atoms with van der Waals surface area (Å²) in [6.07, 6.45) is 1.74. The summed E-state index contributed by atoms with van der Waals surface area (Å²) in [6.45, 7) is 0. The molecule has 8 nitrogen and oxygen atoms in total. The lowest BCUT2D eigenvalue weighted by molar-refractivity contribution is 1.28. The third-order valence-corrected chi connectivity index (χ3v) is 2.25. The van der Waals surface area contributed by atoms with E-state index in [1.807, 2.05) is 24.3 Å². The summed E-state index contributed by atoms with van der Waals surface area (Å²) in [5.41, 5.74) is 26.4. The van der Waals surface area contributed by atoms with Crippen LogP contribution in [0.5, 0.6) is 0 Å². The van der Waals surface area contributed by atoms with E-state index >= 15 is 0 Å². The Hall–Kier alpha value is -3.03. The molecule has 1 aliphatic heterocycles. The Balaban J connectivity index is 2.55. The van der Waals surface area contributed by atoms with Crippen LogP contribution in [0, 0.1) is 0 Å². The monoisotopic (exact) mass is 258 g/mol. The number of rotatable bonds is 1. The number of hydrogen-bond donors (Lipinski definition) is 5. The molecule has 1 aromatic carbocycles. The number of benzene rings is 1. The molecule has 0 amide bonds. The first-order valence-corrected chi connectivity index (χ1v) is 5.40. The standard InChI is InChI=1S/C11H14N8/c12-10(13)16-8-5-6-3-1-2-4-7(6)18-19-9(8)17-11(14)15/h1-5,18H,(H4,12,13,16)(H4,14,15,17,19). The van der Waals surface area contributed by atoms with E-state index in [2.05, 4.69) is 20.5 Å². The van der Waals surface area contributed by atoms with E-state index in [1.165, 1.54) is 0 Å². The lowest BCUT2D eigenvalue weighted by Gasteiger charge is -2.01. The molecule has 19 heavy (non-hydrogen) atoms. The molecule has 0 saturated heterocycles. The molecule has 0 bridgehead atoms. The molecule has 0 unspecified atom stereocenters. The van der Waals surface area contributed by atoms with Gasteiger partial charge < -0.3 is 22.9 Å². The Labute approximate surface area is 109 Å². The van der Waals surface area contributed by atoms with Crippen molar-refractivity contribution in [1.82, 2.24) is 0 Å². The number of para-hydroxylation sites is 1. The Morgan fingerprint density at radius 2 is 1.68 bits per heavy atom. The minimum Gasteiger partial charge on any atom is -0.370 e. The molecule has 1 aromatic rings. The van der Waals surface area contributed by atoms with Crippen molar-refractivity contribution in [2.45, 2.75) is 0 Å². The first-order chi connectivity index (χ1) is 9.06. The van der Waals surface area contributed by atoms with Gasteiger partial charge in [0, 0.05) is 5.56 Å². The van der Waals surface area contributed by atoms with Crippen molar-refractivity contribution in [1.29, 1.82) is 0 Å². The van der Waals surface area contributed by atoms with E-state index in [0.29, 0.717) is 5.70 Å². The molecule has 1 aliphatic rings. The predicted octanol–water partition coefficient (Wildman–Crippen LogP) is -0.687. The Bertz CT molecular complexity index is 603. The number of hydrazone groups is 1. The van der Waals surface area contributed by atoms with Gasteiger partial charge in [-0.1, -0.05) is 18.2 Å². The van der Waals surface area contributed by atoms with Gasteiger partial charge in [0.15, 0.2) is 11.9 Å². The maximum absolute atomic E-state index is 5.39. The van der Waals surface area contributed by atoms with E-state index in [1.54, 1.807) is 6.08 Å². The molecule has 98 valence electrons. The van der Waals surface area contributed by atoms with Crippen LogP contribution in [-0.4, -0.2) is 17.8 Å². The molecule has 9 N–H and O–H groups in total. The van der Waals surface area contributed by atoms with Crippen LogP contribution in [-0.2, 0) is 0 Å². The van der Waals surface area contributed by atoms with E-state index in [9.17, 15) is 0 Å². The predicted molar refractivity (Wildman–Crippen MR) is 77.1 cm³/mol. The number of hydrogen-bond acceptors (Lipinski definition) is 4. The molecule has 0 radical (unpaired) electrons. The maximum atomic E-state index is 5.39. The van der Waals surface area contributed by atoms with Crippen molar-refractivity contribution in [3.05, 3.63) is 35.5 Å². The molecule has 2 rings (SSSR count). The topological polar surface area (TPSA) is 153 Å². The Morgan fingerprint density at radius 3 is 2.37 bits per heavy atom. The second-order valence-corrected chi connectivity index (χ2v) is 3.74. The van der Waals surface area contributed by atoms with Crippen LogP contribution in [0.4, 0.5) is 5.69 Å². The number of nitrogens with one attached hydrogen (secondary N) is 1. The summed E-state index contributed by atoms with van der Waals surface area (Å²) in [6, 6.07) is 7.51. The Morgan fingerprint density at radius 1 is 1.00 bits per heavy atom. The summed E-state index contributed by atoms with van der Waals surface area (Å²) < 4.78 is 0. The quantitative estimate of drug-likeness (QED) is 0.333. The molecular weight excluding hydrogens is 244 g/mol. The molecule has 8 heteroatoms. The van der Waals surface area contributed by atoms with Crippen molar-refractivity contribution in [3.63, 3.8) is 0 Å². The third kappa shape index (κ3) is 3.00. The van der Waals surface area contributed by atoms with Gasteiger partial charge in [0.2, 0.25) is 5.84 Å². The van der Waals surface area contributed by atoms with Gasteiger partial charge in [0.1, 0.15) is 5.70 Å². The zero-order valence-corrected chi connectivity index (χ0v) is 10.0. The summed E-state index contributed by atoms with van der Waals surface area (Å²) in [5, 5.41) is 4.07. The first kappa shape index (κ1) is 12.4. The van der Waals surface area contributed by atoms with Crippen molar-refractivity contribution in [2.24, 2.45) is 38.0 Å². The minimum atomic E-state index is -0.136. The number of aliphatic imine (C=N–C) groups is 2. The molecule has 0 atom stereocenters. The van der Waals surface area contributed by atoms with Crippen molar-refractivity contribution < 1.29 is 0 Å². The number of nitrogens with two attached hydrogens (primary N) is 4. The number of guanidine groups is 2. The molecule has 0 aromatic heterocycles. The summed E-state index contributed by atoms with van der Waals surface area (Å²) in [5.74, 6) is -0.0445. The highest BCUT2D eigenvalue weighted by Gasteiger charge is 2.12. The number of nitrogens with zero attached hydrogens (tertiary/aromatic N) is 3. The summed E-state index contributed by atoms with van der Waals surface area (Å²) in [4.78, 5) is 7.86. The fourth-order valence-electron chi connectivity index (χ4n) is 1.53. The highest BCUT2D eigenvalue weighted by molar-refractivity contribution is 6.10. The zero-order chi connectivity index (χ0) is 13.8. The SMILES string of the molecule is NC(N)=NC1=Cc2ccccc2NN=C1N=C(N)N. The molecular formula is C11H14N8. The van der Waals surface area contributed by atoms with Crippen LogP contribution in [0.15, 0.2) is 45.0 Å². The highest BCUT2D eigenvalue weighted by Crippen LogP contribution is 2.22. The lowest BCUT2D eigenvalue weighted by Crippen LogP contribution is -2.26. The van der Waals surface area contributed by atoms with E-state index in [-0.39, 0.29) is 17.8 Å². The number of fused-ring (bicyclic) bond motifs is 1. The van der Waals surface area contributed by atoms with Crippen molar-refractivity contribution >= 4 is 29.5 Å². The molecule has 0 saturated carbocycles. The molecule has 0 aliphatic carbocycles. The lowest BCUT2D eigenvalue weighted by atomic mass is 10.1. The zero-order valence-electron chi connectivity index (χ0n) is 10.0. The Kier molecular flexibility index (Phi) is 3.33. The second kappa shape index (κ2) is 5.08. The fourth-order valence-corrected chi connectivity index (χ4v) is 1.53. The van der Waals surface area contributed by atoms with Gasteiger partial charge in [-0.15, -0.1) is 0 Å². The van der Waals surface area contributed by atoms with E-state index in [4.69, 9.17) is 22.9 Å². The maximum Gasteiger partial charge on any atom is 0.201 e. The van der Waals surface area contributed by atoms with Gasteiger partial charge in [-0.05, 0) is 12.1 Å². The van der Waals surface area contributed by atoms with Crippen LogP contribution in [0.1, 0.15) is 5.56 Å². The van der Waals surface area contributed by atoms with Crippen molar-refractivity contribution in [3.8, 4) is 0 Å². The van der Waals surface area contributed by atoms with Gasteiger partial charge in [0.05, 0.1) is 5.69 Å². The summed E-state index contributed by atoms with van der Waals surface area (Å²) >= 11 is 0. The molecule has 1 heterocycles. The van der Waals surface area contributed by atoms with Gasteiger partial charge in [-0.25, -0.2) is 4.99 Å². The van der Waals surface area contributed by atoms with Crippen LogP contribution in [0.2, 0.25) is 0 Å². The van der Waals surface area contributed by atoms with Gasteiger partial charge in [-0.3, -0.25) is 5.43 Å². The molecule has 0 spiro atoms. The third-order valence-electron chi connectivity index (χ3n) is 2.25. The van der Waals surface area contributed by atoms with Crippen LogP contribution in [0.3, 0.4) is 0 Å². The smallest absolute Gasteiger partial charge is 0.201 e. The first-order valence-electron chi connectivity index (χ1n) is 5.40. The average molecular weight is 258 g/mol.